The van der Waals surface area contributed by atoms with E-state index in [9.17, 15) is 4.21 Å². The Bertz CT molecular complexity index is 649. The molecular formula is C16H21N3OS. The van der Waals surface area contributed by atoms with E-state index < -0.39 is 10.8 Å². The lowest BCUT2D eigenvalue weighted by Gasteiger charge is -2.27. The molecule has 0 aliphatic carbocycles. The Labute approximate surface area is 128 Å². The lowest BCUT2D eigenvalue weighted by molar-refractivity contribution is 0.292. The van der Waals surface area contributed by atoms with Crippen LogP contribution in [0, 0.1) is 0 Å². The largest absolute Gasteiger partial charge is 0.370 e. The van der Waals surface area contributed by atoms with Crippen molar-refractivity contribution in [3.8, 4) is 0 Å². The van der Waals surface area contributed by atoms with E-state index >= 15 is 0 Å². The molecule has 21 heavy (non-hydrogen) atoms. The second-order valence-corrected chi connectivity index (χ2v) is 7.04. The highest BCUT2D eigenvalue weighted by Gasteiger charge is 2.17. The maximum atomic E-state index is 11.5. The molecule has 1 aliphatic rings. The summed E-state index contributed by atoms with van der Waals surface area (Å²) in [6.07, 6.45) is 0. The van der Waals surface area contributed by atoms with Crippen LogP contribution in [-0.2, 0) is 17.3 Å². The van der Waals surface area contributed by atoms with Gasteiger partial charge in [-0.2, -0.15) is 0 Å². The van der Waals surface area contributed by atoms with Crippen LogP contribution in [0.15, 0.2) is 30.3 Å². The Kier molecular flexibility index (Phi) is 4.51. The maximum absolute atomic E-state index is 11.5. The van der Waals surface area contributed by atoms with Gasteiger partial charge in [0.05, 0.1) is 5.52 Å². The number of anilines is 1. The van der Waals surface area contributed by atoms with Crippen LogP contribution < -0.4 is 5.32 Å². The van der Waals surface area contributed by atoms with Gasteiger partial charge < -0.3 is 5.32 Å². The van der Waals surface area contributed by atoms with Crippen molar-refractivity contribution >= 4 is 27.5 Å². The number of fused-ring (bicyclic) bond motifs is 1. The first kappa shape index (κ1) is 14.5. The summed E-state index contributed by atoms with van der Waals surface area (Å²) >= 11 is 0. The van der Waals surface area contributed by atoms with E-state index in [0.29, 0.717) is 0 Å². The van der Waals surface area contributed by atoms with Gasteiger partial charge in [0.2, 0.25) is 0 Å². The molecule has 1 saturated heterocycles. The number of para-hydroxylation sites is 1. The third-order valence-corrected chi connectivity index (χ3v) is 5.09. The van der Waals surface area contributed by atoms with E-state index in [1.165, 1.54) is 10.9 Å². The molecule has 1 N–H and O–H groups in total. The van der Waals surface area contributed by atoms with E-state index in [2.05, 4.69) is 29.3 Å². The Morgan fingerprint density at radius 1 is 1.29 bits per heavy atom. The Hall–Kier alpha value is -1.46. The standard InChI is InChI=1S/C16H21N3OS/c1-2-17-16-14(12-19-7-9-21(20)10-8-19)11-13-5-3-4-6-15(13)18-16/h3-6,11H,2,7-10,12H2,1H3,(H,17,18). The highest BCUT2D eigenvalue weighted by Crippen LogP contribution is 2.22. The minimum Gasteiger partial charge on any atom is -0.370 e. The SMILES string of the molecule is CCNc1nc2ccccc2cc1CN1CCS(=O)CC1. The predicted octanol–water partition coefficient (Wildman–Crippen LogP) is 2.23. The smallest absolute Gasteiger partial charge is 0.131 e. The number of pyridine rings is 1. The number of nitrogens with zero attached hydrogens (tertiary/aromatic N) is 2. The first-order chi connectivity index (χ1) is 10.3. The first-order valence-electron chi connectivity index (χ1n) is 7.46. The Morgan fingerprint density at radius 2 is 2.05 bits per heavy atom. The Balaban J connectivity index is 1.88. The summed E-state index contributed by atoms with van der Waals surface area (Å²) in [5.74, 6) is 2.55. The zero-order valence-corrected chi connectivity index (χ0v) is 13.2. The molecule has 1 aromatic heterocycles. The molecule has 0 radical (unpaired) electrons. The fourth-order valence-electron chi connectivity index (χ4n) is 2.68. The van der Waals surface area contributed by atoms with Gasteiger partial charge in [-0.15, -0.1) is 0 Å². The molecule has 0 amide bonds. The number of rotatable bonds is 4. The molecule has 2 heterocycles. The minimum atomic E-state index is -0.623. The summed E-state index contributed by atoms with van der Waals surface area (Å²) in [6, 6.07) is 10.4. The van der Waals surface area contributed by atoms with Crippen LogP contribution in [0.2, 0.25) is 0 Å². The fourth-order valence-corrected chi connectivity index (χ4v) is 3.80. The monoisotopic (exact) mass is 303 g/mol. The number of nitrogens with one attached hydrogen (secondary N) is 1. The highest BCUT2D eigenvalue weighted by atomic mass is 32.2. The quantitative estimate of drug-likeness (QED) is 0.941. The summed E-state index contributed by atoms with van der Waals surface area (Å²) in [6.45, 7) is 5.64. The van der Waals surface area contributed by atoms with Crippen LogP contribution in [0.3, 0.4) is 0 Å². The zero-order chi connectivity index (χ0) is 14.7. The molecule has 2 aromatic rings. The third kappa shape index (κ3) is 3.41. The lowest BCUT2D eigenvalue weighted by Crippen LogP contribution is -2.37. The molecule has 0 bridgehead atoms. The van der Waals surface area contributed by atoms with Crippen LogP contribution in [0.5, 0.6) is 0 Å². The van der Waals surface area contributed by atoms with Gasteiger partial charge in [-0.25, -0.2) is 4.98 Å². The second-order valence-electron chi connectivity index (χ2n) is 5.34. The number of hydrogen-bond donors (Lipinski definition) is 1. The van der Waals surface area contributed by atoms with E-state index in [4.69, 9.17) is 4.98 Å². The molecule has 1 aromatic carbocycles. The van der Waals surface area contributed by atoms with E-state index in [-0.39, 0.29) is 0 Å². The van der Waals surface area contributed by atoms with E-state index in [0.717, 1.165) is 49.0 Å². The van der Waals surface area contributed by atoms with Crippen molar-refractivity contribution < 1.29 is 4.21 Å². The van der Waals surface area contributed by atoms with Crippen molar-refractivity contribution in [1.82, 2.24) is 9.88 Å². The van der Waals surface area contributed by atoms with Crippen molar-refractivity contribution in [3.05, 3.63) is 35.9 Å². The van der Waals surface area contributed by atoms with Crippen LogP contribution in [0.4, 0.5) is 5.82 Å². The molecule has 5 heteroatoms. The molecule has 0 spiro atoms. The van der Waals surface area contributed by atoms with Crippen molar-refractivity contribution in [2.24, 2.45) is 0 Å². The summed E-state index contributed by atoms with van der Waals surface area (Å²) in [5.41, 5.74) is 2.25. The molecule has 0 saturated carbocycles. The average Bonchev–Trinajstić information content (AvgIpc) is 2.50. The van der Waals surface area contributed by atoms with Crippen LogP contribution in [0.1, 0.15) is 12.5 Å². The average molecular weight is 303 g/mol. The second kappa shape index (κ2) is 6.54. The molecular weight excluding hydrogens is 282 g/mol. The molecule has 0 atom stereocenters. The molecule has 112 valence electrons. The number of aromatic nitrogens is 1. The fraction of sp³-hybridized carbons (Fsp3) is 0.438. The summed E-state index contributed by atoms with van der Waals surface area (Å²) in [7, 11) is -0.623. The third-order valence-electron chi connectivity index (χ3n) is 3.81. The van der Waals surface area contributed by atoms with Crippen molar-refractivity contribution in [3.63, 3.8) is 0 Å². The van der Waals surface area contributed by atoms with Gasteiger partial charge >= 0.3 is 0 Å². The van der Waals surface area contributed by atoms with Gasteiger partial charge in [0.25, 0.3) is 0 Å². The van der Waals surface area contributed by atoms with Crippen LogP contribution >= 0.6 is 0 Å². The van der Waals surface area contributed by atoms with Gasteiger partial charge in [-0.05, 0) is 19.1 Å². The van der Waals surface area contributed by atoms with E-state index in [1.807, 2.05) is 18.2 Å². The maximum Gasteiger partial charge on any atom is 0.131 e. The molecule has 1 aliphatic heterocycles. The molecule has 4 nitrogen and oxygen atoms in total. The zero-order valence-electron chi connectivity index (χ0n) is 12.3. The van der Waals surface area contributed by atoms with Crippen molar-refractivity contribution in [2.75, 3.05) is 36.5 Å². The predicted molar refractivity (Wildman–Crippen MR) is 89.1 cm³/mol. The number of benzene rings is 1. The van der Waals surface area contributed by atoms with Gasteiger partial charge in [0, 0.05) is 59.4 Å². The van der Waals surface area contributed by atoms with Gasteiger partial charge in [-0.3, -0.25) is 9.11 Å². The van der Waals surface area contributed by atoms with Gasteiger partial charge in [0.15, 0.2) is 0 Å². The summed E-state index contributed by atoms with van der Waals surface area (Å²) in [5, 5.41) is 4.54. The molecule has 3 rings (SSSR count). The van der Waals surface area contributed by atoms with E-state index in [1.54, 1.807) is 0 Å². The van der Waals surface area contributed by atoms with Gasteiger partial charge in [-0.1, -0.05) is 18.2 Å². The summed E-state index contributed by atoms with van der Waals surface area (Å²) in [4.78, 5) is 7.12. The van der Waals surface area contributed by atoms with Gasteiger partial charge in [0.1, 0.15) is 5.82 Å². The number of hydrogen-bond acceptors (Lipinski definition) is 4. The first-order valence-corrected chi connectivity index (χ1v) is 8.95. The normalized spacial score (nSPS) is 17.2. The lowest BCUT2D eigenvalue weighted by atomic mass is 10.1. The van der Waals surface area contributed by atoms with Crippen LogP contribution in [-0.4, -0.2) is 45.2 Å². The topological polar surface area (TPSA) is 45.2 Å². The minimum absolute atomic E-state index is 0.623. The highest BCUT2D eigenvalue weighted by molar-refractivity contribution is 7.85. The summed E-state index contributed by atoms with van der Waals surface area (Å²) < 4.78 is 11.5. The van der Waals surface area contributed by atoms with Crippen LogP contribution in [0.25, 0.3) is 10.9 Å². The molecule has 0 unspecified atom stereocenters. The van der Waals surface area contributed by atoms with Crippen molar-refractivity contribution in [2.45, 2.75) is 13.5 Å². The van der Waals surface area contributed by atoms with Crippen molar-refractivity contribution in [1.29, 1.82) is 0 Å². The Morgan fingerprint density at radius 3 is 2.81 bits per heavy atom. The molecule has 1 fully saturated rings.